The summed E-state index contributed by atoms with van der Waals surface area (Å²) in [7, 11) is 1.23. The molecule has 0 aromatic heterocycles. The van der Waals surface area contributed by atoms with Crippen LogP contribution in [0.1, 0.15) is 5.56 Å². The highest BCUT2D eigenvalue weighted by atomic mass is 19.4. The van der Waals surface area contributed by atoms with Crippen LogP contribution in [0.5, 0.6) is 0 Å². The van der Waals surface area contributed by atoms with Crippen LogP contribution in [0.3, 0.4) is 0 Å². The van der Waals surface area contributed by atoms with Gasteiger partial charge in [-0.2, -0.15) is 0 Å². The molecule has 0 amide bonds. The molecule has 0 spiro atoms. The van der Waals surface area contributed by atoms with Crippen LogP contribution in [-0.2, 0) is 16.0 Å². The number of rotatable bonds is 3. The number of hydrogen-bond donors (Lipinski definition) is 0. The first-order valence-corrected chi connectivity index (χ1v) is 4.29. The van der Waals surface area contributed by atoms with Gasteiger partial charge in [0.15, 0.2) is 0 Å². The Labute approximate surface area is 85.1 Å². The van der Waals surface area contributed by atoms with Crippen LogP contribution in [0.4, 0.5) is 12.9 Å². The molecule has 1 aromatic carbocycles. The molecule has 0 unspecified atom stereocenters. The molecule has 0 aliphatic heterocycles. The maximum atomic E-state index is 12.2. The maximum Gasteiger partial charge on any atom is 0.509 e. The molecule has 0 fully saturated rings. The van der Waals surface area contributed by atoms with E-state index in [-0.39, 0.29) is 6.42 Å². The van der Waals surface area contributed by atoms with Crippen molar-refractivity contribution in [2.45, 2.75) is 6.42 Å². The zero-order valence-electron chi connectivity index (χ0n) is 8.04. The summed E-state index contributed by atoms with van der Waals surface area (Å²) in [6.45, 7) is -4.96. The molecule has 0 atom stereocenters. The van der Waals surface area contributed by atoms with Crippen LogP contribution in [-0.4, -0.2) is 20.1 Å². The van der Waals surface area contributed by atoms with Gasteiger partial charge in [-0.25, -0.2) is 0 Å². The molecule has 0 bridgehead atoms. The Morgan fingerprint density at radius 3 is 2.20 bits per heavy atom. The summed E-state index contributed by atoms with van der Waals surface area (Å²) in [4.78, 5) is 10.8. The third-order valence-electron chi connectivity index (χ3n) is 1.93. The Balaban J connectivity index is 2.77. The second-order valence-corrected chi connectivity index (χ2v) is 3.07. The van der Waals surface area contributed by atoms with Gasteiger partial charge in [0.1, 0.15) is 0 Å². The molecular weight excluding hydrogens is 208 g/mol. The van der Waals surface area contributed by atoms with Crippen molar-refractivity contribution in [3.63, 3.8) is 0 Å². The van der Waals surface area contributed by atoms with E-state index >= 15 is 0 Å². The van der Waals surface area contributed by atoms with Gasteiger partial charge in [-0.05, 0) is 5.56 Å². The van der Waals surface area contributed by atoms with Gasteiger partial charge in [-0.3, -0.25) is 4.79 Å². The summed E-state index contributed by atoms with van der Waals surface area (Å²) >= 11 is 0. The van der Waals surface area contributed by atoms with Gasteiger partial charge in [-0.1, -0.05) is 24.3 Å². The second-order valence-electron chi connectivity index (χ2n) is 3.07. The van der Waals surface area contributed by atoms with E-state index in [0.717, 1.165) is 12.1 Å². The van der Waals surface area contributed by atoms with Gasteiger partial charge in [0, 0.05) is 0 Å². The lowest BCUT2D eigenvalue weighted by atomic mass is 9.80. The second kappa shape index (κ2) is 4.38. The Morgan fingerprint density at radius 2 is 1.80 bits per heavy atom. The number of methoxy groups -OCH3 is 1. The predicted octanol–water partition coefficient (Wildman–Crippen LogP) is 1.46. The summed E-state index contributed by atoms with van der Waals surface area (Å²) in [5.74, 6) is -0.472. The fourth-order valence-corrected chi connectivity index (χ4v) is 1.09. The minimum absolute atomic E-state index is 0.0123. The molecule has 0 saturated carbocycles. The smallest absolute Gasteiger partial charge is 0.469 e. The molecule has 0 saturated heterocycles. The van der Waals surface area contributed by atoms with Crippen LogP contribution in [0.25, 0.3) is 0 Å². The highest BCUT2D eigenvalue weighted by Crippen LogP contribution is 2.09. The minimum atomic E-state index is -4.96. The molecule has 2 nitrogen and oxygen atoms in total. The Bertz CT molecular complexity index is 345. The molecular formula is C9H9BF3O2-. The van der Waals surface area contributed by atoms with Crippen LogP contribution >= 0.6 is 0 Å². The number of hydrogen-bond acceptors (Lipinski definition) is 2. The lowest BCUT2D eigenvalue weighted by molar-refractivity contribution is -0.139. The standard InChI is InChI=1S/C9H9BF3O2/c1-15-9(14)6-7-2-4-8(5-3-7)10(11,12)13/h2-5H,6H2,1H3/q-1. The van der Waals surface area contributed by atoms with Crippen molar-refractivity contribution in [1.82, 2.24) is 0 Å². The predicted molar refractivity (Wildman–Crippen MR) is 50.9 cm³/mol. The number of benzene rings is 1. The van der Waals surface area contributed by atoms with Gasteiger partial charge >= 0.3 is 12.9 Å². The average Bonchev–Trinajstić information content (AvgIpc) is 2.17. The van der Waals surface area contributed by atoms with E-state index in [9.17, 15) is 17.7 Å². The third kappa shape index (κ3) is 3.30. The number of carbonyl (C=O) groups is 1. The Kier molecular flexibility index (Phi) is 3.39. The number of ether oxygens (including phenoxy) is 1. The van der Waals surface area contributed by atoms with Crippen molar-refractivity contribution in [3.8, 4) is 0 Å². The molecule has 0 aliphatic carbocycles. The fourth-order valence-electron chi connectivity index (χ4n) is 1.09. The van der Waals surface area contributed by atoms with E-state index in [2.05, 4.69) is 4.74 Å². The van der Waals surface area contributed by atoms with E-state index in [4.69, 9.17) is 0 Å². The molecule has 1 aromatic rings. The molecule has 15 heavy (non-hydrogen) atoms. The summed E-state index contributed by atoms with van der Waals surface area (Å²) in [6.07, 6.45) is -0.0123. The van der Waals surface area contributed by atoms with Crippen molar-refractivity contribution in [1.29, 1.82) is 0 Å². The average molecular weight is 217 g/mol. The van der Waals surface area contributed by atoms with E-state index in [0.29, 0.717) is 5.56 Å². The van der Waals surface area contributed by atoms with Crippen LogP contribution in [0.2, 0.25) is 0 Å². The van der Waals surface area contributed by atoms with Crippen molar-refractivity contribution >= 4 is 18.4 Å². The molecule has 0 radical (unpaired) electrons. The van der Waals surface area contributed by atoms with Crippen LogP contribution < -0.4 is 5.46 Å². The van der Waals surface area contributed by atoms with Crippen molar-refractivity contribution in [3.05, 3.63) is 29.8 Å². The van der Waals surface area contributed by atoms with Gasteiger partial charge in [0.2, 0.25) is 0 Å². The van der Waals surface area contributed by atoms with Crippen molar-refractivity contribution in [2.75, 3.05) is 7.11 Å². The zero-order valence-corrected chi connectivity index (χ0v) is 8.04. The molecule has 6 heteroatoms. The van der Waals surface area contributed by atoms with Crippen LogP contribution in [0, 0.1) is 0 Å². The Morgan fingerprint density at radius 1 is 1.27 bits per heavy atom. The van der Waals surface area contributed by atoms with Gasteiger partial charge in [0.25, 0.3) is 0 Å². The summed E-state index contributed by atoms with van der Waals surface area (Å²) in [6, 6.07) is 4.50. The molecule has 1 rings (SSSR count). The lowest BCUT2D eigenvalue weighted by Gasteiger charge is -2.14. The third-order valence-corrected chi connectivity index (χ3v) is 1.93. The first-order valence-electron chi connectivity index (χ1n) is 4.29. The van der Waals surface area contributed by atoms with Gasteiger partial charge < -0.3 is 17.7 Å². The molecule has 0 N–H and O–H groups in total. The van der Waals surface area contributed by atoms with E-state index in [1.54, 1.807) is 0 Å². The summed E-state index contributed by atoms with van der Waals surface area (Å²) in [5.41, 5.74) is -0.158. The summed E-state index contributed by atoms with van der Waals surface area (Å²) in [5, 5.41) is 0. The Hall–Kier alpha value is -1.46. The number of carbonyl (C=O) groups excluding carboxylic acids is 1. The van der Waals surface area contributed by atoms with E-state index in [1.165, 1.54) is 19.2 Å². The normalized spacial score (nSPS) is 11.2. The summed E-state index contributed by atoms with van der Waals surface area (Å²) < 4.78 is 41.1. The van der Waals surface area contributed by atoms with E-state index < -0.39 is 18.4 Å². The zero-order chi connectivity index (χ0) is 11.5. The van der Waals surface area contributed by atoms with Crippen molar-refractivity contribution in [2.24, 2.45) is 0 Å². The largest absolute Gasteiger partial charge is 0.509 e. The first kappa shape index (κ1) is 11.6. The monoisotopic (exact) mass is 217 g/mol. The first-order chi connectivity index (χ1) is 6.93. The molecule has 0 heterocycles. The van der Waals surface area contributed by atoms with E-state index in [1.807, 2.05) is 0 Å². The molecule has 82 valence electrons. The fraction of sp³-hybridized carbons (Fsp3) is 0.222. The van der Waals surface area contributed by atoms with Gasteiger partial charge in [0.05, 0.1) is 13.5 Å². The number of esters is 1. The lowest BCUT2D eigenvalue weighted by Crippen LogP contribution is -2.33. The van der Waals surface area contributed by atoms with Gasteiger partial charge in [-0.15, -0.1) is 5.46 Å². The highest BCUT2D eigenvalue weighted by Gasteiger charge is 2.24. The maximum absolute atomic E-state index is 12.2. The highest BCUT2D eigenvalue weighted by molar-refractivity contribution is 6.73. The quantitative estimate of drug-likeness (QED) is 0.565. The number of halogens is 3. The van der Waals surface area contributed by atoms with Crippen LogP contribution in [0.15, 0.2) is 24.3 Å². The topological polar surface area (TPSA) is 26.3 Å². The minimum Gasteiger partial charge on any atom is -0.469 e. The molecule has 0 aliphatic rings. The SMILES string of the molecule is COC(=O)Cc1ccc([B-](F)(F)F)cc1. The van der Waals surface area contributed by atoms with Crippen molar-refractivity contribution < 1.29 is 22.5 Å².